The van der Waals surface area contributed by atoms with Crippen LogP contribution in [0.2, 0.25) is 0 Å². The average molecular weight is 252 g/mol. The summed E-state index contributed by atoms with van der Waals surface area (Å²) in [4.78, 5) is 17.4. The predicted octanol–water partition coefficient (Wildman–Crippen LogP) is 1.87. The molecule has 1 rings (SSSR count). The number of rotatable bonds is 6. The van der Waals surface area contributed by atoms with Crippen molar-refractivity contribution in [1.29, 1.82) is 0 Å². The van der Waals surface area contributed by atoms with Gasteiger partial charge in [0.25, 0.3) is 0 Å². The summed E-state index contributed by atoms with van der Waals surface area (Å²) in [6, 6.07) is 1.79. The molecule has 0 fully saturated rings. The highest BCUT2D eigenvalue weighted by Gasteiger charge is 2.17. The van der Waals surface area contributed by atoms with Gasteiger partial charge in [-0.15, -0.1) is 0 Å². The van der Waals surface area contributed by atoms with Crippen LogP contribution in [0.4, 0.5) is 5.69 Å². The van der Waals surface area contributed by atoms with Gasteiger partial charge in [-0.25, -0.2) is 4.79 Å². The Bertz CT molecular complexity index is 432. The van der Waals surface area contributed by atoms with E-state index in [2.05, 4.69) is 4.98 Å². The lowest BCUT2D eigenvalue weighted by atomic mass is 10.1. The quantitative estimate of drug-likeness (QED) is 0.783. The van der Waals surface area contributed by atoms with Crippen molar-refractivity contribution in [2.45, 2.75) is 20.8 Å². The highest BCUT2D eigenvalue weighted by atomic mass is 16.5. The van der Waals surface area contributed by atoms with E-state index in [-0.39, 0.29) is 5.56 Å². The zero-order valence-electron chi connectivity index (χ0n) is 11.4. The van der Waals surface area contributed by atoms with Gasteiger partial charge < -0.3 is 14.7 Å². The molecule has 0 bridgehead atoms. The SMILES string of the molecule is CCOCCN(C)c1cc(C)nc(C)c1C(=O)O. The minimum absolute atomic E-state index is 0.264. The molecule has 1 aromatic heterocycles. The van der Waals surface area contributed by atoms with Gasteiger partial charge in [-0.2, -0.15) is 0 Å². The Morgan fingerprint density at radius 3 is 2.72 bits per heavy atom. The van der Waals surface area contributed by atoms with Crippen LogP contribution in [0.25, 0.3) is 0 Å². The predicted molar refractivity (Wildman–Crippen MR) is 70.4 cm³/mol. The number of aromatic nitrogens is 1. The molecule has 0 saturated carbocycles. The molecule has 0 aliphatic rings. The van der Waals surface area contributed by atoms with Gasteiger partial charge in [-0.05, 0) is 26.8 Å². The van der Waals surface area contributed by atoms with E-state index < -0.39 is 5.97 Å². The van der Waals surface area contributed by atoms with Gasteiger partial charge in [0.2, 0.25) is 0 Å². The molecule has 0 unspecified atom stereocenters. The fraction of sp³-hybridized carbons (Fsp3) is 0.538. The number of hydrogen-bond acceptors (Lipinski definition) is 4. The Morgan fingerprint density at radius 1 is 1.50 bits per heavy atom. The van der Waals surface area contributed by atoms with Crippen LogP contribution in [-0.2, 0) is 4.74 Å². The Kier molecular flexibility index (Phi) is 5.09. The number of pyridine rings is 1. The van der Waals surface area contributed by atoms with Crippen LogP contribution in [0.3, 0.4) is 0 Å². The number of hydrogen-bond donors (Lipinski definition) is 1. The maximum Gasteiger partial charge on any atom is 0.339 e. The highest BCUT2D eigenvalue weighted by molar-refractivity contribution is 5.95. The number of carbonyl (C=O) groups is 1. The molecule has 0 aliphatic heterocycles. The molecule has 0 atom stereocenters. The summed E-state index contributed by atoms with van der Waals surface area (Å²) in [6.45, 7) is 7.40. The first-order chi connectivity index (χ1) is 8.47. The van der Waals surface area contributed by atoms with Crippen molar-refractivity contribution in [3.8, 4) is 0 Å². The number of likely N-dealkylation sites (N-methyl/N-ethyl adjacent to an activating group) is 1. The first-order valence-electron chi connectivity index (χ1n) is 5.97. The number of carboxylic acids is 1. The number of carboxylic acid groups (broad SMARTS) is 1. The topological polar surface area (TPSA) is 62.7 Å². The van der Waals surface area contributed by atoms with Crippen molar-refractivity contribution in [2.24, 2.45) is 0 Å². The van der Waals surface area contributed by atoms with E-state index in [0.29, 0.717) is 31.1 Å². The third kappa shape index (κ3) is 3.43. The second-order valence-electron chi connectivity index (χ2n) is 4.17. The normalized spacial score (nSPS) is 10.4. The third-order valence-corrected chi connectivity index (χ3v) is 2.71. The van der Waals surface area contributed by atoms with Crippen molar-refractivity contribution in [3.05, 3.63) is 23.0 Å². The molecular weight excluding hydrogens is 232 g/mol. The number of aromatic carboxylic acids is 1. The van der Waals surface area contributed by atoms with Crippen LogP contribution in [0, 0.1) is 13.8 Å². The first kappa shape index (κ1) is 14.4. The van der Waals surface area contributed by atoms with Gasteiger partial charge >= 0.3 is 5.97 Å². The van der Waals surface area contributed by atoms with Crippen molar-refractivity contribution in [3.63, 3.8) is 0 Å². The summed E-state index contributed by atoms with van der Waals surface area (Å²) >= 11 is 0. The van der Waals surface area contributed by atoms with Crippen LogP contribution < -0.4 is 4.90 Å². The van der Waals surface area contributed by atoms with Crippen molar-refractivity contribution in [1.82, 2.24) is 4.98 Å². The average Bonchev–Trinajstić information content (AvgIpc) is 2.27. The van der Waals surface area contributed by atoms with Crippen LogP contribution in [0.1, 0.15) is 28.7 Å². The van der Waals surface area contributed by atoms with Crippen LogP contribution >= 0.6 is 0 Å². The van der Waals surface area contributed by atoms with E-state index in [9.17, 15) is 9.90 Å². The summed E-state index contributed by atoms with van der Waals surface area (Å²) in [5, 5.41) is 9.26. The molecule has 5 heteroatoms. The lowest BCUT2D eigenvalue weighted by Crippen LogP contribution is -2.25. The van der Waals surface area contributed by atoms with Gasteiger partial charge in [0.1, 0.15) is 5.56 Å². The Labute approximate surface area is 107 Å². The van der Waals surface area contributed by atoms with Gasteiger partial charge in [0.05, 0.1) is 18.0 Å². The van der Waals surface area contributed by atoms with Crippen molar-refractivity contribution >= 4 is 11.7 Å². The number of aryl methyl sites for hydroxylation is 2. The molecule has 0 radical (unpaired) electrons. The van der Waals surface area contributed by atoms with Gasteiger partial charge in [0, 0.05) is 25.9 Å². The molecule has 1 N–H and O–H groups in total. The van der Waals surface area contributed by atoms with Gasteiger partial charge in [-0.1, -0.05) is 0 Å². The zero-order valence-corrected chi connectivity index (χ0v) is 11.4. The number of nitrogens with zero attached hydrogens (tertiary/aromatic N) is 2. The standard InChI is InChI=1S/C13H20N2O3/c1-5-18-7-6-15(4)11-8-9(2)14-10(3)12(11)13(16)17/h8H,5-7H2,1-4H3,(H,16,17). The second kappa shape index (κ2) is 6.35. The van der Waals surface area contributed by atoms with Gasteiger partial charge in [-0.3, -0.25) is 4.98 Å². The van der Waals surface area contributed by atoms with E-state index in [4.69, 9.17) is 4.74 Å². The lowest BCUT2D eigenvalue weighted by molar-refractivity contribution is 0.0696. The summed E-state index contributed by atoms with van der Waals surface area (Å²) < 4.78 is 5.28. The highest BCUT2D eigenvalue weighted by Crippen LogP contribution is 2.22. The molecule has 100 valence electrons. The second-order valence-corrected chi connectivity index (χ2v) is 4.17. The lowest BCUT2D eigenvalue weighted by Gasteiger charge is -2.22. The van der Waals surface area contributed by atoms with E-state index in [1.807, 2.05) is 25.8 Å². The smallest absolute Gasteiger partial charge is 0.339 e. The van der Waals surface area contributed by atoms with Crippen LogP contribution in [0.15, 0.2) is 6.07 Å². The van der Waals surface area contributed by atoms with E-state index in [1.54, 1.807) is 13.0 Å². The maximum atomic E-state index is 11.3. The zero-order chi connectivity index (χ0) is 13.7. The molecule has 18 heavy (non-hydrogen) atoms. The molecule has 0 amide bonds. The third-order valence-electron chi connectivity index (χ3n) is 2.71. The van der Waals surface area contributed by atoms with E-state index >= 15 is 0 Å². The molecule has 5 nitrogen and oxygen atoms in total. The van der Waals surface area contributed by atoms with E-state index in [0.717, 1.165) is 5.69 Å². The summed E-state index contributed by atoms with van der Waals surface area (Å²) in [6.07, 6.45) is 0. The molecule has 0 aromatic carbocycles. The Hall–Kier alpha value is -1.62. The van der Waals surface area contributed by atoms with E-state index in [1.165, 1.54) is 0 Å². The number of ether oxygens (including phenoxy) is 1. The monoisotopic (exact) mass is 252 g/mol. The fourth-order valence-electron chi connectivity index (χ4n) is 1.84. The first-order valence-corrected chi connectivity index (χ1v) is 5.97. The van der Waals surface area contributed by atoms with Crippen LogP contribution in [-0.4, -0.2) is 42.9 Å². The Morgan fingerprint density at radius 2 is 2.17 bits per heavy atom. The Balaban J connectivity index is 3.02. The molecule has 0 saturated heterocycles. The summed E-state index contributed by atoms with van der Waals surface area (Å²) in [5.74, 6) is -0.946. The molecule has 0 spiro atoms. The maximum absolute atomic E-state index is 11.3. The molecule has 1 aromatic rings. The molecular formula is C13H20N2O3. The molecule has 1 heterocycles. The van der Waals surface area contributed by atoms with Crippen molar-refractivity contribution < 1.29 is 14.6 Å². The minimum atomic E-state index is -0.946. The van der Waals surface area contributed by atoms with Crippen LogP contribution in [0.5, 0.6) is 0 Å². The van der Waals surface area contributed by atoms with Crippen molar-refractivity contribution in [2.75, 3.05) is 31.7 Å². The molecule has 0 aliphatic carbocycles. The largest absolute Gasteiger partial charge is 0.478 e. The fourth-order valence-corrected chi connectivity index (χ4v) is 1.84. The summed E-state index contributed by atoms with van der Waals surface area (Å²) in [7, 11) is 1.86. The minimum Gasteiger partial charge on any atom is -0.478 e. The summed E-state index contributed by atoms with van der Waals surface area (Å²) in [5.41, 5.74) is 2.31. The number of anilines is 1. The van der Waals surface area contributed by atoms with Gasteiger partial charge in [0.15, 0.2) is 0 Å².